The molecule has 0 bridgehead atoms. The number of carbonyl (C=O) groups excluding carboxylic acids is 2. The van der Waals surface area contributed by atoms with Gasteiger partial charge in [0, 0.05) is 9.65 Å². The number of rotatable bonds is 5. The van der Waals surface area contributed by atoms with Gasteiger partial charge in [0.15, 0.2) is 0 Å². The van der Waals surface area contributed by atoms with Crippen LogP contribution in [0.25, 0.3) is 6.08 Å². The third kappa shape index (κ3) is 4.20. The van der Waals surface area contributed by atoms with Gasteiger partial charge in [0.2, 0.25) is 0 Å². The van der Waals surface area contributed by atoms with Crippen molar-refractivity contribution in [3.8, 4) is 0 Å². The van der Waals surface area contributed by atoms with Gasteiger partial charge in [0.1, 0.15) is 11.5 Å². The first-order chi connectivity index (χ1) is 10.6. The van der Waals surface area contributed by atoms with Crippen molar-refractivity contribution in [1.29, 1.82) is 0 Å². The Kier molecular flexibility index (Phi) is 5.76. The van der Waals surface area contributed by atoms with Crippen molar-refractivity contribution in [2.24, 2.45) is 0 Å². The zero-order valence-corrected chi connectivity index (χ0v) is 14.0. The maximum atomic E-state index is 12.3. The summed E-state index contributed by atoms with van der Waals surface area (Å²) in [6, 6.07) is 10.5. The molecule has 114 valence electrons. The van der Waals surface area contributed by atoms with E-state index in [0.29, 0.717) is 11.3 Å². The Bertz CT molecular complexity index is 692. The van der Waals surface area contributed by atoms with Gasteiger partial charge in [0.05, 0.1) is 18.4 Å². The van der Waals surface area contributed by atoms with Gasteiger partial charge < -0.3 is 14.5 Å². The molecule has 2 rings (SSSR count). The molecule has 2 aromatic rings. The minimum atomic E-state index is -0.613. The summed E-state index contributed by atoms with van der Waals surface area (Å²) in [5.41, 5.74) is 0.513. The van der Waals surface area contributed by atoms with E-state index in [4.69, 9.17) is 9.15 Å². The molecule has 0 saturated carbocycles. The van der Waals surface area contributed by atoms with Gasteiger partial charge in [-0.1, -0.05) is 12.1 Å². The maximum Gasteiger partial charge on any atom is 0.354 e. The van der Waals surface area contributed by atoms with E-state index >= 15 is 0 Å². The fraction of sp³-hybridized carbons (Fsp3) is 0.125. The Morgan fingerprint density at radius 3 is 2.68 bits per heavy atom. The van der Waals surface area contributed by atoms with Gasteiger partial charge in [-0.3, -0.25) is 4.79 Å². The average Bonchev–Trinajstić information content (AvgIpc) is 3.00. The topological polar surface area (TPSA) is 68.5 Å². The van der Waals surface area contributed by atoms with E-state index in [2.05, 4.69) is 27.9 Å². The SMILES string of the molecule is CCOC(=O)C(=Cc1ccco1)NC(=O)c1ccccc1I. The highest BCUT2D eigenvalue weighted by molar-refractivity contribution is 14.1. The normalized spacial score (nSPS) is 11.1. The summed E-state index contributed by atoms with van der Waals surface area (Å²) in [4.78, 5) is 24.3. The number of benzene rings is 1. The molecular formula is C16H14INO4. The summed E-state index contributed by atoms with van der Waals surface area (Å²) in [6.07, 6.45) is 2.92. The minimum absolute atomic E-state index is 0.0291. The lowest BCUT2D eigenvalue weighted by molar-refractivity contribution is -0.138. The number of hydrogen-bond donors (Lipinski definition) is 1. The van der Waals surface area contributed by atoms with Crippen LogP contribution < -0.4 is 5.32 Å². The van der Waals surface area contributed by atoms with Crippen LogP contribution in [-0.2, 0) is 9.53 Å². The Balaban J connectivity index is 2.25. The minimum Gasteiger partial charge on any atom is -0.465 e. The van der Waals surface area contributed by atoms with Crippen molar-refractivity contribution in [2.75, 3.05) is 6.61 Å². The monoisotopic (exact) mass is 411 g/mol. The van der Waals surface area contributed by atoms with Crippen LogP contribution in [0.3, 0.4) is 0 Å². The molecule has 5 nitrogen and oxygen atoms in total. The molecule has 0 spiro atoms. The molecule has 0 aliphatic heterocycles. The van der Waals surface area contributed by atoms with E-state index < -0.39 is 5.97 Å². The predicted molar refractivity (Wildman–Crippen MR) is 89.9 cm³/mol. The van der Waals surface area contributed by atoms with E-state index in [0.717, 1.165) is 3.57 Å². The van der Waals surface area contributed by atoms with Gasteiger partial charge in [-0.05, 0) is 53.8 Å². The first-order valence-corrected chi connectivity index (χ1v) is 7.68. The number of esters is 1. The third-order valence-electron chi connectivity index (χ3n) is 2.69. The average molecular weight is 411 g/mol. The summed E-state index contributed by atoms with van der Waals surface area (Å²) in [6.45, 7) is 1.91. The molecule has 0 aliphatic carbocycles. The molecule has 0 radical (unpaired) electrons. The van der Waals surface area contributed by atoms with Crippen molar-refractivity contribution in [2.45, 2.75) is 6.92 Å². The van der Waals surface area contributed by atoms with Gasteiger partial charge in [-0.2, -0.15) is 0 Å². The molecule has 1 amide bonds. The van der Waals surface area contributed by atoms with Gasteiger partial charge in [-0.15, -0.1) is 0 Å². The lowest BCUT2D eigenvalue weighted by atomic mass is 10.2. The second-order valence-corrected chi connectivity index (χ2v) is 5.39. The Morgan fingerprint density at radius 2 is 2.05 bits per heavy atom. The second-order valence-electron chi connectivity index (χ2n) is 4.23. The van der Waals surface area contributed by atoms with Crippen molar-refractivity contribution in [3.05, 3.63) is 63.3 Å². The van der Waals surface area contributed by atoms with Crippen LogP contribution in [0.15, 0.2) is 52.8 Å². The molecule has 6 heteroatoms. The van der Waals surface area contributed by atoms with Crippen LogP contribution in [0.4, 0.5) is 0 Å². The lowest BCUT2D eigenvalue weighted by Gasteiger charge is -2.09. The largest absolute Gasteiger partial charge is 0.465 e. The molecule has 0 unspecified atom stereocenters. The fourth-order valence-corrected chi connectivity index (χ4v) is 2.34. The Morgan fingerprint density at radius 1 is 1.27 bits per heavy atom. The number of halogens is 1. The molecule has 1 N–H and O–H groups in total. The van der Waals surface area contributed by atoms with Crippen LogP contribution in [-0.4, -0.2) is 18.5 Å². The maximum absolute atomic E-state index is 12.3. The van der Waals surface area contributed by atoms with Crippen molar-refractivity contribution >= 4 is 40.5 Å². The molecule has 22 heavy (non-hydrogen) atoms. The van der Waals surface area contributed by atoms with Gasteiger partial charge >= 0.3 is 5.97 Å². The van der Waals surface area contributed by atoms with Crippen LogP contribution in [0, 0.1) is 3.57 Å². The summed E-state index contributed by atoms with van der Waals surface area (Å²) < 4.78 is 10.9. The molecule has 1 aromatic heterocycles. The first kappa shape index (κ1) is 16.3. The van der Waals surface area contributed by atoms with E-state index in [1.54, 1.807) is 31.2 Å². The fourth-order valence-electron chi connectivity index (χ4n) is 1.71. The summed E-state index contributed by atoms with van der Waals surface area (Å²) >= 11 is 2.06. The summed E-state index contributed by atoms with van der Waals surface area (Å²) in [5.74, 6) is -0.542. The highest BCUT2D eigenvalue weighted by Crippen LogP contribution is 2.13. The standard InChI is InChI=1S/C16H14INO4/c1-2-21-16(20)14(10-11-6-5-9-22-11)18-15(19)12-7-3-4-8-13(12)17/h3-10H,2H2,1H3,(H,18,19). The van der Waals surface area contributed by atoms with Crippen molar-refractivity contribution in [3.63, 3.8) is 0 Å². The van der Waals surface area contributed by atoms with Gasteiger partial charge in [0.25, 0.3) is 5.91 Å². The zero-order valence-electron chi connectivity index (χ0n) is 11.8. The zero-order chi connectivity index (χ0) is 15.9. The Hall–Kier alpha value is -2.09. The van der Waals surface area contributed by atoms with Crippen LogP contribution in [0.5, 0.6) is 0 Å². The number of hydrogen-bond acceptors (Lipinski definition) is 4. The molecule has 1 aromatic carbocycles. The van der Waals surface area contributed by atoms with E-state index in [9.17, 15) is 9.59 Å². The number of nitrogens with one attached hydrogen (secondary N) is 1. The van der Waals surface area contributed by atoms with E-state index in [-0.39, 0.29) is 18.2 Å². The van der Waals surface area contributed by atoms with E-state index in [1.165, 1.54) is 12.3 Å². The molecular weight excluding hydrogens is 397 g/mol. The van der Waals surface area contributed by atoms with Crippen LogP contribution >= 0.6 is 22.6 Å². The number of carbonyl (C=O) groups is 2. The van der Waals surface area contributed by atoms with Gasteiger partial charge in [-0.25, -0.2) is 4.79 Å². The molecule has 0 fully saturated rings. The van der Waals surface area contributed by atoms with Crippen molar-refractivity contribution < 1.29 is 18.7 Å². The first-order valence-electron chi connectivity index (χ1n) is 6.60. The predicted octanol–water partition coefficient (Wildman–Crippen LogP) is 3.22. The lowest BCUT2D eigenvalue weighted by Crippen LogP contribution is -2.29. The quantitative estimate of drug-likeness (QED) is 0.466. The Labute approximate surface area is 141 Å². The number of amides is 1. The third-order valence-corrected chi connectivity index (χ3v) is 3.63. The highest BCUT2D eigenvalue weighted by atomic mass is 127. The molecule has 0 aliphatic rings. The smallest absolute Gasteiger partial charge is 0.354 e. The summed E-state index contributed by atoms with van der Waals surface area (Å²) in [7, 11) is 0. The van der Waals surface area contributed by atoms with E-state index in [1.807, 2.05) is 12.1 Å². The highest BCUT2D eigenvalue weighted by Gasteiger charge is 2.17. The molecule has 1 heterocycles. The molecule has 0 saturated heterocycles. The summed E-state index contributed by atoms with van der Waals surface area (Å²) in [5, 5.41) is 2.58. The molecule has 0 atom stereocenters. The van der Waals surface area contributed by atoms with Crippen molar-refractivity contribution in [1.82, 2.24) is 5.32 Å². The number of ether oxygens (including phenoxy) is 1. The van der Waals surface area contributed by atoms with Crippen LogP contribution in [0.1, 0.15) is 23.0 Å². The second kappa shape index (κ2) is 7.79. The van der Waals surface area contributed by atoms with Crippen LogP contribution in [0.2, 0.25) is 0 Å². The number of furan rings is 1.